The first-order chi connectivity index (χ1) is 50.9. The number of benzene rings is 15. The first kappa shape index (κ1) is 59.5. The summed E-state index contributed by atoms with van der Waals surface area (Å²) in [6, 6.07) is 127. The third-order valence-electron chi connectivity index (χ3n) is 24.5. The fraction of sp³-hybridized carbons (Fsp3) is 0.100. The van der Waals surface area contributed by atoms with Gasteiger partial charge in [0.2, 0.25) is 0 Å². The van der Waals surface area contributed by atoms with Gasteiger partial charge in [0, 0.05) is 44.6 Å². The zero-order valence-corrected chi connectivity index (χ0v) is 59.1. The van der Waals surface area contributed by atoms with E-state index in [4.69, 9.17) is 0 Å². The fourth-order valence-corrected chi connectivity index (χ4v) is 20.1. The summed E-state index contributed by atoms with van der Waals surface area (Å²) < 4.78 is 2.66. The van der Waals surface area contributed by atoms with E-state index in [9.17, 15) is 0 Å². The van der Waals surface area contributed by atoms with E-state index in [1.165, 1.54) is 161 Å². The summed E-state index contributed by atoms with van der Waals surface area (Å²) in [4.78, 5) is 5.52. The van der Waals surface area contributed by atoms with Gasteiger partial charge in [0.1, 0.15) is 0 Å². The van der Waals surface area contributed by atoms with Crippen molar-refractivity contribution in [1.82, 2.24) is 4.57 Å². The molecule has 2 spiro atoms. The number of fused-ring (bicyclic) bond motifs is 27. The molecule has 0 unspecified atom stereocenters. The van der Waals surface area contributed by atoms with Crippen LogP contribution in [0.4, 0.5) is 34.1 Å². The lowest BCUT2D eigenvalue weighted by atomic mass is 9.33. The Morgan fingerprint density at radius 3 is 0.942 bits per heavy atom. The average molecular weight is 1330 g/mol. The molecular weight excluding hydrogens is 1250 g/mol. The van der Waals surface area contributed by atoms with E-state index in [2.05, 4.69) is 383 Å². The summed E-state index contributed by atoms with van der Waals surface area (Å²) in [5.41, 5.74) is 40.6. The van der Waals surface area contributed by atoms with Gasteiger partial charge in [-0.1, -0.05) is 321 Å². The van der Waals surface area contributed by atoms with Crippen LogP contribution in [0.15, 0.2) is 328 Å². The maximum absolute atomic E-state index is 2.76. The predicted octanol–water partition coefficient (Wildman–Crippen LogP) is 23.5. The van der Waals surface area contributed by atoms with Gasteiger partial charge in [-0.3, -0.25) is 0 Å². The third kappa shape index (κ3) is 7.77. The van der Waals surface area contributed by atoms with Gasteiger partial charge in [-0.15, -0.1) is 0 Å². The molecule has 15 aromatic carbocycles. The summed E-state index contributed by atoms with van der Waals surface area (Å²) >= 11 is 0. The highest BCUT2D eigenvalue weighted by atomic mass is 15.2. The van der Waals surface area contributed by atoms with Crippen molar-refractivity contribution in [3.05, 3.63) is 383 Å². The highest BCUT2D eigenvalue weighted by molar-refractivity contribution is 7.00. The number of hydrogen-bond donors (Lipinski definition) is 0. The Bertz CT molecular complexity index is 5900. The summed E-state index contributed by atoms with van der Waals surface area (Å²) in [6.45, 7) is 13.9. The minimum absolute atomic E-state index is 0.128. The molecule has 2 aliphatic heterocycles. The van der Waals surface area contributed by atoms with Crippen molar-refractivity contribution in [1.29, 1.82) is 0 Å². The highest BCUT2D eigenvalue weighted by Gasteiger charge is 2.57. The van der Waals surface area contributed by atoms with Crippen molar-refractivity contribution in [2.75, 3.05) is 9.80 Å². The van der Waals surface area contributed by atoms with Crippen LogP contribution in [0.3, 0.4) is 0 Å². The molecule has 0 saturated carbocycles. The molecule has 22 rings (SSSR count). The standard InChI is InChI=1S/C100H72BN3/c1-97(2,3)65-49-51-74-75-52-50-66(98(4,5)6)58-91(75)102(90(74)57-65)67-59-92-96-93(60-67)104(89-46-26-38-77-73-36-18-24-44-83(73)100(95(77)89)80-41-21-15-33-70(80)71-34-16-22-42-81(71)100)87-54-48-64(62-29-11-8-12-30-62)56-85(87)101(96)84-55-63(61-27-9-7-10-28-61)47-53-86(84)103(92)88-45-25-37-76-72-35-17-23-43-82(72)99(94(76)88)78-39-19-13-31-68(78)69-32-14-20-40-79(69)99/h7-60H,1-6H3. The monoisotopic (exact) mass is 1330 g/mol. The minimum atomic E-state index is -0.668. The Labute approximate surface area is 608 Å². The molecule has 4 aliphatic carbocycles. The number of hydrogen-bond acceptors (Lipinski definition) is 2. The largest absolute Gasteiger partial charge is 0.311 e. The average Bonchev–Trinajstić information content (AvgIpc) is 1.42. The topological polar surface area (TPSA) is 11.4 Å². The van der Waals surface area contributed by atoms with Gasteiger partial charge in [0.05, 0.1) is 38.9 Å². The molecule has 16 aromatic rings. The first-order valence-electron chi connectivity index (χ1n) is 37.0. The molecule has 0 radical (unpaired) electrons. The van der Waals surface area contributed by atoms with Crippen LogP contribution in [0.5, 0.6) is 0 Å². The van der Waals surface area contributed by atoms with Crippen molar-refractivity contribution in [3.8, 4) is 72.4 Å². The van der Waals surface area contributed by atoms with Crippen LogP contribution in [-0.4, -0.2) is 11.3 Å². The van der Waals surface area contributed by atoms with Crippen LogP contribution in [0.25, 0.3) is 94.3 Å². The van der Waals surface area contributed by atoms with Crippen LogP contribution < -0.4 is 26.2 Å². The maximum Gasteiger partial charge on any atom is 0.252 e. The smallest absolute Gasteiger partial charge is 0.252 e. The van der Waals surface area contributed by atoms with Crippen molar-refractivity contribution in [3.63, 3.8) is 0 Å². The van der Waals surface area contributed by atoms with Gasteiger partial charge in [-0.05, 0) is 187 Å². The number of aromatic nitrogens is 1. The lowest BCUT2D eigenvalue weighted by Gasteiger charge is -2.46. The SMILES string of the molecule is CC(C)(C)c1ccc2c3ccc(C(C)(C)C)cc3n(-c3cc4c5c(c3)N(c3cccc6c3C3(c7ccccc7-c7ccccc73)c3ccccc3-6)c3ccc(-c6ccccc6)cc3B5c3cc(-c5ccccc5)ccc3N4c3cccc4c3C3(c5ccccc5-c5ccccc53)c3ccccc3-4)c2c1. The molecule has 3 nitrogen and oxygen atoms in total. The summed E-state index contributed by atoms with van der Waals surface area (Å²) in [6.07, 6.45) is 0. The molecule has 104 heavy (non-hydrogen) atoms. The van der Waals surface area contributed by atoms with E-state index >= 15 is 0 Å². The van der Waals surface area contributed by atoms with Crippen molar-refractivity contribution in [2.45, 2.75) is 63.2 Å². The molecular formula is C100H72BN3. The van der Waals surface area contributed by atoms with E-state index in [1.807, 2.05) is 0 Å². The molecule has 0 fully saturated rings. The molecule has 0 bridgehead atoms. The van der Waals surface area contributed by atoms with E-state index < -0.39 is 10.8 Å². The summed E-state index contributed by atoms with van der Waals surface area (Å²) in [7, 11) is 0. The van der Waals surface area contributed by atoms with Crippen LogP contribution in [0.1, 0.15) is 97.2 Å². The van der Waals surface area contributed by atoms with Crippen LogP contribution in [0, 0.1) is 0 Å². The second-order valence-electron chi connectivity index (χ2n) is 31.8. The second-order valence-corrected chi connectivity index (χ2v) is 31.8. The maximum atomic E-state index is 2.76. The minimum Gasteiger partial charge on any atom is -0.311 e. The molecule has 3 heterocycles. The Morgan fingerprint density at radius 2 is 0.587 bits per heavy atom. The van der Waals surface area contributed by atoms with E-state index in [0.29, 0.717) is 0 Å². The normalized spacial score (nSPS) is 14.5. The second kappa shape index (κ2) is 21.2. The van der Waals surface area contributed by atoms with E-state index in [1.54, 1.807) is 0 Å². The van der Waals surface area contributed by atoms with E-state index in [-0.39, 0.29) is 17.5 Å². The zero-order chi connectivity index (χ0) is 69.3. The molecule has 4 heteroatoms. The van der Waals surface area contributed by atoms with Gasteiger partial charge in [0.15, 0.2) is 0 Å². The Balaban J connectivity index is 0.936. The van der Waals surface area contributed by atoms with E-state index in [0.717, 1.165) is 39.8 Å². The van der Waals surface area contributed by atoms with Gasteiger partial charge >= 0.3 is 0 Å². The zero-order valence-electron chi connectivity index (χ0n) is 59.1. The summed E-state index contributed by atoms with van der Waals surface area (Å²) in [5.74, 6) is 0. The molecule has 0 amide bonds. The number of nitrogens with zero attached hydrogens (tertiary/aromatic N) is 3. The van der Waals surface area contributed by atoms with Gasteiger partial charge < -0.3 is 14.4 Å². The molecule has 490 valence electrons. The molecule has 0 saturated heterocycles. The Morgan fingerprint density at radius 1 is 0.260 bits per heavy atom. The number of anilines is 6. The first-order valence-corrected chi connectivity index (χ1v) is 37.0. The summed E-state index contributed by atoms with van der Waals surface area (Å²) in [5, 5.41) is 2.48. The van der Waals surface area contributed by atoms with Gasteiger partial charge in [0.25, 0.3) is 6.71 Å². The number of rotatable bonds is 5. The highest BCUT2D eigenvalue weighted by Crippen LogP contribution is 2.68. The predicted molar refractivity (Wildman–Crippen MR) is 436 cm³/mol. The van der Waals surface area contributed by atoms with Crippen LogP contribution >= 0.6 is 0 Å². The fourth-order valence-electron chi connectivity index (χ4n) is 20.1. The van der Waals surface area contributed by atoms with Gasteiger partial charge in [-0.25, -0.2) is 0 Å². The van der Waals surface area contributed by atoms with Crippen molar-refractivity contribution in [2.24, 2.45) is 0 Å². The molecule has 1 aromatic heterocycles. The molecule has 6 aliphatic rings. The molecule has 0 N–H and O–H groups in total. The third-order valence-corrected chi connectivity index (χ3v) is 24.5. The van der Waals surface area contributed by atoms with Crippen molar-refractivity contribution < 1.29 is 0 Å². The van der Waals surface area contributed by atoms with Gasteiger partial charge in [-0.2, -0.15) is 0 Å². The Hall–Kier alpha value is -12.2. The Kier molecular flexibility index (Phi) is 12.1. The van der Waals surface area contributed by atoms with Crippen LogP contribution in [-0.2, 0) is 21.7 Å². The lowest BCUT2D eigenvalue weighted by molar-refractivity contribution is 0.591. The molecule has 0 atom stereocenters. The quantitative estimate of drug-likeness (QED) is 0.159. The lowest BCUT2D eigenvalue weighted by Crippen LogP contribution is -2.61. The van der Waals surface area contributed by atoms with Crippen molar-refractivity contribution >= 4 is 79.0 Å². The van der Waals surface area contributed by atoms with Crippen LogP contribution in [0.2, 0.25) is 0 Å².